The van der Waals surface area contributed by atoms with Crippen LogP contribution in [0.5, 0.6) is 0 Å². The Balaban J connectivity index is 1.19. The normalized spacial score (nSPS) is 14.2. The fourth-order valence-corrected chi connectivity index (χ4v) is 3.62. The van der Waals surface area contributed by atoms with Crippen molar-refractivity contribution >= 4 is 22.6 Å². The highest BCUT2D eigenvalue weighted by molar-refractivity contribution is 5.83. The molecule has 31 heavy (non-hydrogen) atoms. The fourth-order valence-electron chi connectivity index (χ4n) is 3.62. The molecule has 1 aliphatic heterocycles. The van der Waals surface area contributed by atoms with Crippen molar-refractivity contribution < 1.29 is 13.9 Å². The summed E-state index contributed by atoms with van der Waals surface area (Å²) in [5.41, 5.74) is 0.776. The molecule has 0 unspecified atom stereocenters. The van der Waals surface area contributed by atoms with Gasteiger partial charge in [-0.3, -0.25) is 9.59 Å². The number of fused-ring (bicyclic) bond motifs is 1. The summed E-state index contributed by atoms with van der Waals surface area (Å²) in [6, 6.07) is 5.55. The number of nitrogens with zero attached hydrogens (tertiary/aromatic N) is 5. The number of halogens is 1. The largest absolute Gasteiger partial charge is 0.381 e. The van der Waals surface area contributed by atoms with E-state index in [1.54, 1.807) is 17.2 Å². The van der Waals surface area contributed by atoms with Gasteiger partial charge in [-0.15, -0.1) is 0 Å². The zero-order chi connectivity index (χ0) is 21.6. The number of ether oxygens (including phenoxy) is 1. The van der Waals surface area contributed by atoms with Gasteiger partial charge >= 0.3 is 0 Å². The number of aromatic nitrogens is 4. The summed E-state index contributed by atoms with van der Waals surface area (Å²) in [6.45, 7) is 3.13. The first-order valence-electron chi connectivity index (χ1n) is 10.1. The lowest BCUT2D eigenvalue weighted by Crippen LogP contribution is -2.49. The summed E-state index contributed by atoms with van der Waals surface area (Å²) in [5, 5.41) is 7.71. The Morgan fingerprint density at radius 1 is 1.06 bits per heavy atom. The highest BCUT2D eigenvalue weighted by Crippen LogP contribution is 2.15. The first kappa shape index (κ1) is 20.9. The molecule has 1 N–H and O–H groups in total. The summed E-state index contributed by atoms with van der Waals surface area (Å²) >= 11 is 0. The van der Waals surface area contributed by atoms with Crippen LogP contribution in [0.25, 0.3) is 10.8 Å². The highest BCUT2D eigenvalue weighted by Gasteiger charge is 2.22. The third-order valence-corrected chi connectivity index (χ3v) is 5.30. The third kappa shape index (κ3) is 5.02. The molecular formula is C21H23FN6O3. The minimum Gasteiger partial charge on any atom is -0.381 e. The maximum atomic E-state index is 13.0. The molecule has 162 valence electrons. The van der Waals surface area contributed by atoms with Crippen molar-refractivity contribution in [3.8, 4) is 0 Å². The van der Waals surface area contributed by atoms with Crippen molar-refractivity contribution in [1.29, 1.82) is 0 Å². The summed E-state index contributed by atoms with van der Waals surface area (Å²) in [7, 11) is 0. The molecule has 0 spiro atoms. The van der Waals surface area contributed by atoms with Crippen molar-refractivity contribution in [3.05, 3.63) is 58.5 Å². The predicted octanol–water partition coefficient (Wildman–Crippen LogP) is 1.15. The highest BCUT2D eigenvalue weighted by atomic mass is 19.1. The molecule has 4 rings (SSSR count). The maximum Gasteiger partial charge on any atom is 0.272 e. The summed E-state index contributed by atoms with van der Waals surface area (Å²) in [5.74, 6) is 0.0476. The van der Waals surface area contributed by atoms with Crippen LogP contribution in [0.1, 0.15) is 12.0 Å². The average molecular weight is 426 g/mol. The van der Waals surface area contributed by atoms with E-state index >= 15 is 0 Å². The molecule has 1 fully saturated rings. The van der Waals surface area contributed by atoms with Crippen LogP contribution in [0.15, 0.2) is 41.6 Å². The second-order valence-electron chi connectivity index (χ2n) is 7.26. The van der Waals surface area contributed by atoms with E-state index in [4.69, 9.17) is 4.74 Å². The van der Waals surface area contributed by atoms with Crippen molar-refractivity contribution in [1.82, 2.24) is 25.1 Å². The number of piperazine rings is 1. The number of rotatable bonds is 7. The monoisotopic (exact) mass is 426 g/mol. The lowest BCUT2D eigenvalue weighted by Gasteiger charge is -2.34. The number of H-pyrrole nitrogens is 1. The van der Waals surface area contributed by atoms with Crippen molar-refractivity contribution in [2.45, 2.75) is 12.8 Å². The van der Waals surface area contributed by atoms with Crippen molar-refractivity contribution in [2.24, 2.45) is 0 Å². The third-order valence-electron chi connectivity index (χ3n) is 5.30. The zero-order valence-electron chi connectivity index (χ0n) is 17.0. The second-order valence-corrected chi connectivity index (χ2v) is 7.26. The number of carbonyl (C=O) groups is 1. The number of anilines is 1. The van der Waals surface area contributed by atoms with E-state index in [0.29, 0.717) is 63.6 Å². The number of hydrogen-bond donors (Lipinski definition) is 1. The summed E-state index contributed by atoms with van der Waals surface area (Å²) in [6.07, 6.45) is 4.87. The zero-order valence-corrected chi connectivity index (χ0v) is 17.0. The fraction of sp³-hybridized carbons (Fsp3) is 0.381. The molecular weight excluding hydrogens is 403 g/mol. The minimum atomic E-state index is -0.469. The van der Waals surface area contributed by atoms with Crippen LogP contribution >= 0.6 is 0 Å². The first-order chi connectivity index (χ1) is 15.1. The first-order valence-corrected chi connectivity index (χ1v) is 10.1. The smallest absolute Gasteiger partial charge is 0.272 e. The van der Waals surface area contributed by atoms with Crippen LogP contribution < -0.4 is 10.5 Å². The van der Waals surface area contributed by atoms with Crippen LogP contribution in [0, 0.1) is 5.82 Å². The van der Waals surface area contributed by atoms with Gasteiger partial charge in [0.25, 0.3) is 5.56 Å². The van der Waals surface area contributed by atoms with E-state index in [1.807, 2.05) is 17.0 Å². The molecule has 1 aromatic carbocycles. The van der Waals surface area contributed by atoms with Crippen LogP contribution in [-0.4, -0.2) is 70.4 Å². The van der Waals surface area contributed by atoms with Gasteiger partial charge in [-0.2, -0.15) is 5.10 Å². The number of hydrogen-bond acceptors (Lipinski definition) is 7. The molecule has 0 aliphatic carbocycles. The second kappa shape index (κ2) is 9.61. The number of carbonyl (C=O) groups excluding carboxylic acids is 1. The van der Waals surface area contributed by atoms with Crippen LogP contribution in [0.2, 0.25) is 0 Å². The topological polar surface area (TPSA) is 104 Å². The van der Waals surface area contributed by atoms with E-state index in [1.165, 1.54) is 0 Å². The average Bonchev–Trinajstić information content (AvgIpc) is 2.80. The molecule has 1 aliphatic rings. The molecule has 1 saturated heterocycles. The Morgan fingerprint density at radius 3 is 2.61 bits per heavy atom. The van der Waals surface area contributed by atoms with E-state index in [9.17, 15) is 14.0 Å². The Labute approximate surface area is 177 Å². The van der Waals surface area contributed by atoms with Crippen LogP contribution in [0.3, 0.4) is 0 Å². The predicted molar refractivity (Wildman–Crippen MR) is 112 cm³/mol. The standard InChI is InChI=1S/C21H23FN6O3/c22-16-12-23-21(24-13-16)28-8-6-27(7-9-28)19(29)5-11-31-10-4-15-2-1-3-17-18(15)14-25-26-20(17)30/h1-3,12-14H,4-11H2,(H,26,30). The number of aromatic amines is 1. The Hall–Kier alpha value is -3.40. The molecule has 9 nitrogen and oxygen atoms in total. The Morgan fingerprint density at radius 2 is 1.84 bits per heavy atom. The molecule has 0 saturated carbocycles. The minimum absolute atomic E-state index is 0.0422. The maximum absolute atomic E-state index is 13.0. The number of benzene rings is 1. The SMILES string of the molecule is O=C(CCOCCc1cccc2c(=O)[nH]ncc12)N1CCN(c2ncc(F)cn2)CC1. The summed E-state index contributed by atoms with van der Waals surface area (Å²) in [4.78, 5) is 36.0. The Kier molecular flexibility index (Phi) is 6.46. The van der Waals surface area contributed by atoms with E-state index < -0.39 is 5.82 Å². The lowest BCUT2D eigenvalue weighted by atomic mass is 10.1. The molecule has 3 heterocycles. The molecule has 3 aromatic rings. The lowest BCUT2D eigenvalue weighted by molar-refractivity contribution is -0.132. The van der Waals surface area contributed by atoms with Gasteiger partial charge in [0.1, 0.15) is 0 Å². The van der Waals surface area contributed by atoms with Crippen molar-refractivity contribution in [2.75, 3.05) is 44.3 Å². The Bertz CT molecular complexity index is 1100. The summed E-state index contributed by atoms with van der Waals surface area (Å²) < 4.78 is 18.6. The van der Waals surface area contributed by atoms with Gasteiger partial charge in [0.05, 0.1) is 43.6 Å². The van der Waals surface area contributed by atoms with E-state index in [2.05, 4.69) is 20.2 Å². The van der Waals surface area contributed by atoms with Gasteiger partial charge in [-0.25, -0.2) is 19.5 Å². The van der Waals surface area contributed by atoms with E-state index in [-0.39, 0.29) is 11.5 Å². The van der Waals surface area contributed by atoms with Gasteiger partial charge in [0.2, 0.25) is 11.9 Å². The van der Waals surface area contributed by atoms with Gasteiger partial charge in [0, 0.05) is 31.6 Å². The van der Waals surface area contributed by atoms with Gasteiger partial charge in [-0.05, 0) is 18.1 Å². The number of nitrogens with one attached hydrogen (secondary N) is 1. The molecule has 0 bridgehead atoms. The molecule has 2 aromatic heterocycles. The van der Waals surface area contributed by atoms with Crippen LogP contribution in [0.4, 0.5) is 10.3 Å². The molecule has 0 atom stereocenters. The quantitative estimate of drug-likeness (QED) is 0.565. The van der Waals surface area contributed by atoms with E-state index in [0.717, 1.165) is 23.3 Å². The van der Waals surface area contributed by atoms with Gasteiger partial charge in [0.15, 0.2) is 5.82 Å². The van der Waals surface area contributed by atoms with Gasteiger partial charge < -0.3 is 14.5 Å². The molecule has 10 heteroatoms. The van der Waals surface area contributed by atoms with Crippen molar-refractivity contribution in [3.63, 3.8) is 0 Å². The van der Waals surface area contributed by atoms with Gasteiger partial charge in [-0.1, -0.05) is 12.1 Å². The van der Waals surface area contributed by atoms with Crippen LogP contribution in [-0.2, 0) is 16.0 Å². The molecule has 0 radical (unpaired) electrons. The molecule has 1 amide bonds. The number of amides is 1.